The molecule has 0 aromatic heterocycles. The van der Waals surface area contributed by atoms with Crippen molar-refractivity contribution in [1.29, 1.82) is 0 Å². The minimum absolute atomic E-state index is 0.0371. The Morgan fingerprint density at radius 2 is 1.75 bits per heavy atom. The maximum Gasteiger partial charge on any atom is 0.202 e. The van der Waals surface area contributed by atoms with Crippen LogP contribution in [0, 0.1) is 6.92 Å². The number of ketones is 1. The first kappa shape index (κ1) is 15.3. The summed E-state index contributed by atoms with van der Waals surface area (Å²) in [5, 5.41) is 0. The number of Topliss-reactive ketones (excluding diaryl/α,β-unsaturated/α-hetero) is 1. The van der Waals surface area contributed by atoms with Gasteiger partial charge in [0.1, 0.15) is 5.75 Å². The summed E-state index contributed by atoms with van der Waals surface area (Å²) < 4.78 is 7.54. The van der Waals surface area contributed by atoms with Gasteiger partial charge in [0.2, 0.25) is 5.78 Å². The molecule has 0 saturated carbocycles. The average molecular weight is 398 g/mol. The second kappa shape index (κ2) is 6.55. The molecule has 20 heavy (non-hydrogen) atoms. The van der Waals surface area contributed by atoms with E-state index in [0.717, 1.165) is 14.5 Å². The molecule has 2 nitrogen and oxygen atoms in total. The van der Waals surface area contributed by atoms with E-state index in [1.54, 1.807) is 19.1 Å². The monoisotopic (exact) mass is 396 g/mol. The van der Waals surface area contributed by atoms with Crippen LogP contribution in [-0.4, -0.2) is 11.9 Å². The molecule has 0 aliphatic carbocycles. The highest BCUT2D eigenvalue weighted by molar-refractivity contribution is 9.10. The van der Waals surface area contributed by atoms with Crippen LogP contribution in [0.2, 0.25) is 0 Å². The highest BCUT2D eigenvalue weighted by Crippen LogP contribution is 2.27. The van der Waals surface area contributed by atoms with Crippen LogP contribution in [0.1, 0.15) is 22.8 Å². The summed E-state index contributed by atoms with van der Waals surface area (Å²) in [6.45, 7) is 3.77. The number of carbonyl (C=O) groups is 1. The van der Waals surface area contributed by atoms with Gasteiger partial charge in [-0.05, 0) is 59.6 Å². The molecule has 104 valence electrons. The third-order valence-corrected chi connectivity index (χ3v) is 4.04. The highest BCUT2D eigenvalue weighted by atomic mass is 79.9. The fourth-order valence-corrected chi connectivity index (χ4v) is 2.65. The number of benzene rings is 2. The van der Waals surface area contributed by atoms with E-state index in [1.807, 2.05) is 37.3 Å². The summed E-state index contributed by atoms with van der Waals surface area (Å²) in [5.74, 6) is 0.638. The van der Waals surface area contributed by atoms with Gasteiger partial charge in [0, 0.05) is 10.0 Å². The summed E-state index contributed by atoms with van der Waals surface area (Å²) in [4.78, 5) is 12.3. The van der Waals surface area contributed by atoms with Crippen LogP contribution >= 0.6 is 31.9 Å². The minimum Gasteiger partial charge on any atom is -0.481 e. The lowest BCUT2D eigenvalue weighted by atomic mass is 10.1. The van der Waals surface area contributed by atoms with Crippen molar-refractivity contribution in [2.75, 3.05) is 0 Å². The van der Waals surface area contributed by atoms with E-state index in [1.165, 1.54) is 0 Å². The first-order valence-corrected chi connectivity index (χ1v) is 7.78. The number of rotatable bonds is 4. The third kappa shape index (κ3) is 3.70. The van der Waals surface area contributed by atoms with Crippen LogP contribution in [0.25, 0.3) is 0 Å². The van der Waals surface area contributed by atoms with Crippen molar-refractivity contribution in [3.8, 4) is 5.75 Å². The SMILES string of the molecule is Cc1ccc(OC(C)C(=O)c2ccc(Br)cc2)c(Br)c1. The Morgan fingerprint density at radius 1 is 1.10 bits per heavy atom. The second-order valence-corrected chi connectivity index (χ2v) is 6.34. The molecule has 0 bridgehead atoms. The topological polar surface area (TPSA) is 26.3 Å². The molecule has 1 atom stereocenters. The van der Waals surface area contributed by atoms with Gasteiger partial charge in [0.25, 0.3) is 0 Å². The summed E-state index contributed by atoms with van der Waals surface area (Å²) in [5.41, 5.74) is 1.78. The maximum absolute atomic E-state index is 12.3. The van der Waals surface area contributed by atoms with Gasteiger partial charge in [-0.1, -0.05) is 34.1 Å². The molecule has 0 heterocycles. The zero-order chi connectivity index (χ0) is 14.7. The molecule has 1 unspecified atom stereocenters. The van der Waals surface area contributed by atoms with E-state index >= 15 is 0 Å². The molecule has 0 amide bonds. The molecule has 0 aliphatic rings. The van der Waals surface area contributed by atoms with Gasteiger partial charge in [0.15, 0.2) is 6.10 Å². The van der Waals surface area contributed by atoms with Crippen molar-refractivity contribution in [1.82, 2.24) is 0 Å². The smallest absolute Gasteiger partial charge is 0.202 e. The lowest BCUT2D eigenvalue weighted by Gasteiger charge is -2.15. The quantitative estimate of drug-likeness (QED) is 0.665. The fourth-order valence-electron chi connectivity index (χ4n) is 1.79. The van der Waals surface area contributed by atoms with Crippen LogP contribution < -0.4 is 4.74 Å². The van der Waals surface area contributed by atoms with Crippen molar-refractivity contribution in [2.45, 2.75) is 20.0 Å². The Morgan fingerprint density at radius 3 is 2.35 bits per heavy atom. The second-order valence-electron chi connectivity index (χ2n) is 4.57. The molecule has 4 heteroatoms. The molecule has 0 spiro atoms. The van der Waals surface area contributed by atoms with Crippen molar-refractivity contribution in [3.63, 3.8) is 0 Å². The van der Waals surface area contributed by atoms with E-state index in [2.05, 4.69) is 31.9 Å². The largest absolute Gasteiger partial charge is 0.481 e. The van der Waals surface area contributed by atoms with Gasteiger partial charge in [-0.25, -0.2) is 0 Å². The first-order chi connectivity index (χ1) is 9.47. The molecular weight excluding hydrogens is 384 g/mol. The van der Waals surface area contributed by atoms with Crippen molar-refractivity contribution in [2.24, 2.45) is 0 Å². The molecule has 0 N–H and O–H groups in total. The summed E-state index contributed by atoms with van der Waals surface area (Å²) >= 11 is 6.80. The van der Waals surface area contributed by atoms with Gasteiger partial charge in [-0.3, -0.25) is 4.79 Å². The normalized spacial score (nSPS) is 12.0. The number of hydrogen-bond donors (Lipinski definition) is 0. The standard InChI is InChI=1S/C16H14Br2O2/c1-10-3-8-15(14(18)9-10)20-11(2)16(19)12-4-6-13(17)7-5-12/h3-9,11H,1-2H3. The predicted molar refractivity (Wildman–Crippen MR) is 87.4 cm³/mol. The third-order valence-electron chi connectivity index (χ3n) is 2.89. The molecule has 0 radical (unpaired) electrons. The van der Waals surface area contributed by atoms with Crippen molar-refractivity contribution < 1.29 is 9.53 Å². The highest BCUT2D eigenvalue weighted by Gasteiger charge is 2.17. The Hall–Kier alpha value is -1.13. The number of ether oxygens (including phenoxy) is 1. The van der Waals surface area contributed by atoms with E-state index in [9.17, 15) is 4.79 Å². The van der Waals surface area contributed by atoms with Crippen molar-refractivity contribution >= 4 is 37.6 Å². The summed E-state index contributed by atoms with van der Waals surface area (Å²) in [6, 6.07) is 13.1. The van der Waals surface area contributed by atoms with Crippen LogP contribution in [-0.2, 0) is 0 Å². The molecule has 0 aliphatic heterocycles. The molecule has 0 fully saturated rings. The maximum atomic E-state index is 12.3. The molecule has 2 rings (SSSR count). The fraction of sp³-hybridized carbons (Fsp3) is 0.188. The lowest BCUT2D eigenvalue weighted by Crippen LogP contribution is -2.24. The summed E-state index contributed by atoms with van der Waals surface area (Å²) in [6.07, 6.45) is -0.532. The Balaban J connectivity index is 2.13. The number of aryl methyl sites for hydroxylation is 1. The molecular formula is C16H14Br2O2. The first-order valence-electron chi connectivity index (χ1n) is 6.20. The molecule has 2 aromatic carbocycles. The lowest BCUT2D eigenvalue weighted by molar-refractivity contribution is 0.0817. The zero-order valence-electron chi connectivity index (χ0n) is 11.2. The Bertz CT molecular complexity index is 621. The zero-order valence-corrected chi connectivity index (χ0v) is 14.4. The van der Waals surface area contributed by atoms with E-state index < -0.39 is 6.10 Å². The van der Waals surface area contributed by atoms with Gasteiger partial charge < -0.3 is 4.74 Å². The van der Waals surface area contributed by atoms with Crippen LogP contribution in [0.5, 0.6) is 5.75 Å². The Kier molecular flexibility index (Phi) is 5.00. The van der Waals surface area contributed by atoms with E-state index in [-0.39, 0.29) is 5.78 Å². The van der Waals surface area contributed by atoms with E-state index in [4.69, 9.17) is 4.74 Å². The average Bonchev–Trinajstić information content (AvgIpc) is 2.42. The van der Waals surface area contributed by atoms with E-state index in [0.29, 0.717) is 11.3 Å². The molecule has 2 aromatic rings. The minimum atomic E-state index is -0.532. The van der Waals surface area contributed by atoms with Crippen LogP contribution in [0.3, 0.4) is 0 Å². The van der Waals surface area contributed by atoms with Crippen LogP contribution in [0.15, 0.2) is 51.4 Å². The van der Waals surface area contributed by atoms with Gasteiger partial charge in [-0.2, -0.15) is 0 Å². The van der Waals surface area contributed by atoms with Crippen molar-refractivity contribution in [3.05, 3.63) is 62.5 Å². The number of halogens is 2. The molecule has 0 saturated heterocycles. The predicted octanol–water partition coefficient (Wildman–Crippen LogP) is 5.17. The van der Waals surface area contributed by atoms with Gasteiger partial charge in [0.05, 0.1) is 4.47 Å². The Labute approximate surface area is 135 Å². The summed E-state index contributed by atoms with van der Waals surface area (Å²) in [7, 11) is 0. The number of carbonyl (C=O) groups excluding carboxylic acids is 1. The van der Waals surface area contributed by atoms with Gasteiger partial charge in [-0.15, -0.1) is 0 Å². The van der Waals surface area contributed by atoms with Gasteiger partial charge >= 0.3 is 0 Å². The van der Waals surface area contributed by atoms with Crippen LogP contribution in [0.4, 0.5) is 0 Å². The number of hydrogen-bond acceptors (Lipinski definition) is 2.